The van der Waals surface area contributed by atoms with Crippen LogP contribution in [0.1, 0.15) is 44.7 Å². The second-order valence-electron chi connectivity index (χ2n) is 11.1. The van der Waals surface area contributed by atoms with Crippen molar-refractivity contribution in [2.24, 2.45) is 17.6 Å². The lowest BCUT2D eigenvalue weighted by atomic mass is 9.57. The number of anilines is 1. The van der Waals surface area contributed by atoms with Crippen molar-refractivity contribution in [1.29, 1.82) is 0 Å². The maximum absolute atomic E-state index is 13.9. The zero-order valence-electron chi connectivity index (χ0n) is 23.2. The van der Waals surface area contributed by atoms with E-state index in [1.165, 1.54) is 11.0 Å². The van der Waals surface area contributed by atoms with Crippen molar-refractivity contribution in [3.8, 4) is 5.75 Å². The SMILES string of the molecule is CCNC(C)(CC)C(=O)Nc1ccc2c(c1O)C(O)=C1C(=O)C3(O)C(O)=C(C(N)=O)C(=O)[C@@H](N(C)C)C3CC1C2. The lowest BCUT2D eigenvalue weighted by Crippen LogP contribution is -2.65. The summed E-state index contributed by atoms with van der Waals surface area (Å²) in [6, 6.07) is 1.98. The number of hydrogen-bond acceptors (Lipinski definition) is 10. The topological polar surface area (TPSA) is 203 Å². The first-order valence-electron chi connectivity index (χ1n) is 13.2. The molecule has 40 heavy (non-hydrogen) atoms. The largest absolute Gasteiger partial charge is 0.508 e. The third kappa shape index (κ3) is 4.09. The fraction of sp³-hybridized carbons (Fsp3) is 0.500. The van der Waals surface area contributed by atoms with Crippen LogP contribution in [0.2, 0.25) is 0 Å². The van der Waals surface area contributed by atoms with Gasteiger partial charge in [-0.1, -0.05) is 19.9 Å². The first kappa shape index (κ1) is 29.2. The monoisotopic (exact) mass is 556 g/mol. The number of amides is 2. The fourth-order valence-electron chi connectivity index (χ4n) is 6.34. The molecule has 2 amide bonds. The number of carbonyl (C=O) groups is 4. The van der Waals surface area contributed by atoms with E-state index in [0.29, 0.717) is 18.5 Å². The van der Waals surface area contributed by atoms with Crippen molar-refractivity contribution in [2.75, 3.05) is 26.0 Å². The van der Waals surface area contributed by atoms with E-state index in [4.69, 9.17) is 5.73 Å². The summed E-state index contributed by atoms with van der Waals surface area (Å²) in [5.74, 6) is -7.63. The predicted molar refractivity (Wildman–Crippen MR) is 145 cm³/mol. The normalized spacial score (nSPS) is 27.6. The average Bonchev–Trinajstić information content (AvgIpc) is 2.87. The van der Waals surface area contributed by atoms with Crippen LogP contribution >= 0.6 is 0 Å². The second kappa shape index (κ2) is 10.0. The lowest BCUT2D eigenvalue weighted by molar-refractivity contribution is -0.153. The summed E-state index contributed by atoms with van der Waals surface area (Å²) in [4.78, 5) is 53.6. The highest BCUT2D eigenvalue weighted by atomic mass is 16.3. The van der Waals surface area contributed by atoms with Gasteiger partial charge in [0, 0.05) is 11.5 Å². The molecule has 3 aliphatic rings. The Morgan fingerprint density at radius 2 is 1.82 bits per heavy atom. The van der Waals surface area contributed by atoms with E-state index in [9.17, 15) is 39.6 Å². The van der Waals surface area contributed by atoms with Crippen molar-refractivity contribution in [2.45, 2.75) is 57.2 Å². The van der Waals surface area contributed by atoms with Crippen molar-refractivity contribution < 1.29 is 39.6 Å². The first-order chi connectivity index (χ1) is 18.6. The molecule has 12 nitrogen and oxygen atoms in total. The van der Waals surface area contributed by atoms with E-state index in [0.717, 1.165) is 0 Å². The zero-order chi connectivity index (χ0) is 29.9. The Morgan fingerprint density at radius 1 is 1.18 bits per heavy atom. The molecule has 3 aliphatic carbocycles. The maximum atomic E-state index is 13.9. The number of phenols is 1. The molecule has 5 atom stereocenters. The van der Waals surface area contributed by atoms with Crippen molar-refractivity contribution in [1.82, 2.24) is 10.2 Å². The van der Waals surface area contributed by atoms with E-state index in [2.05, 4.69) is 10.6 Å². The minimum Gasteiger partial charge on any atom is -0.508 e. The Morgan fingerprint density at radius 3 is 2.38 bits per heavy atom. The van der Waals surface area contributed by atoms with Gasteiger partial charge in [0.05, 0.1) is 22.8 Å². The van der Waals surface area contributed by atoms with Crippen LogP contribution in [0.25, 0.3) is 5.76 Å². The third-order valence-corrected chi connectivity index (χ3v) is 8.62. The Kier molecular flexibility index (Phi) is 7.33. The van der Waals surface area contributed by atoms with E-state index >= 15 is 0 Å². The van der Waals surface area contributed by atoms with Gasteiger partial charge in [-0.2, -0.15) is 0 Å². The molecule has 0 saturated heterocycles. The summed E-state index contributed by atoms with van der Waals surface area (Å²) >= 11 is 0. The molecule has 1 aromatic carbocycles. The van der Waals surface area contributed by atoms with Crippen LogP contribution in [0, 0.1) is 11.8 Å². The number of hydrogen-bond donors (Lipinski definition) is 7. The summed E-state index contributed by atoms with van der Waals surface area (Å²) in [5, 5.41) is 50.9. The minimum absolute atomic E-state index is 0.00253. The number of fused-ring (bicyclic) bond motifs is 3. The van der Waals surface area contributed by atoms with Gasteiger partial charge >= 0.3 is 0 Å². The molecule has 8 N–H and O–H groups in total. The van der Waals surface area contributed by atoms with Crippen LogP contribution in [0.5, 0.6) is 5.75 Å². The van der Waals surface area contributed by atoms with Crippen LogP contribution in [0.4, 0.5) is 5.69 Å². The van der Waals surface area contributed by atoms with Crippen LogP contribution in [0.15, 0.2) is 29.0 Å². The summed E-state index contributed by atoms with van der Waals surface area (Å²) in [6.07, 6.45) is 0.632. The van der Waals surface area contributed by atoms with Gasteiger partial charge in [0.2, 0.25) is 11.7 Å². The number of phenolic OH excluding ortho intramolecular Hbond substituents is 1. The standard InChI is InChI=1S/C28H36N4O8/c1-6-27(3,30-7-2)26(39)31-15-9-8-12-10-13-11-14-19(32(4)5)22(35)18(25(29)38)24(37)28(14,40)23(36)17(13)21(34)16(12)20(15)33/h8-9,13-14,19,30,33-34,37,40H,6-7,10-11H2,1-5H3,(H2,29,38)(H,31,39)/t13?,14?,19-,27?,28?/m0/s1. The number of aliphatic hydroxyl groups is 3. The van der Waals surface area contributed by atoms with Crippen LogP contribution in [-0.2, 0) is 25.6 Å². The average molecular weight is 557 g/mol. The summed E-state index contributed by atoms with van der Waals surface area (Å²) in [5.41, 5.74) is 1.01. The molecular formula is C28H36N4O8. The number of aliphatic hydroxyl groups excluding tert-OH is 2. The highest BCUT2D eigenvalue weighted by Crippen LogP contribution is 2.53. The number of likely N-dealkylation sites (N-methyl/N-ethyl adjacent to an activating group) is 2. The van der Waals surface area contributed by atoms with Gasteiger partial charge in [-0.3, -0.25) is 24.1 Å². The molecule has 0 radical (unpaired) electrons. The highest BCUT2D eigenvalue weighted by Gasteiger charge is 2.64. The summed E-state index contributed by atoms with van der Waals surface area (Å²) in [7, 11) is 3.09. The van der Waals surface area contributed by atoms with Gasteiger partial charge in [0.1, 0.15) is 22.8 Å². The summed E-state index contributed by atoms with van der Waals surface area (Å²) in [6.45, 7) is 5.96. The van der Waals surface area contributed by atoms with Crippen molar-refractivity contribution in [3.63, 3.8) is 0 Å². The quantitative estimate of drug-likeness (QED) is 0.185. The van der Waals surface area contributed by atoms with E-state index < -0.39 is 75.2 Å². The van der Waals surface area contributed by atoms with Gasteiger partial charge in [0.15, 0.2) is 11.4 Å². The molecule has 0 spiro atoms. The highest BCUT2D eigenvalue weighted by molar-refractivity contribution is 6.24. The van der Waals surface area contributed by atoms with E-state index in [1.54, 1.807) is 27.1 Å². The van der Waals surface area contributed by atoms with E-state index in [-0.39, 0.29) is 29.7 Å². The third-order valence-electron chi connectivity index (χ3n) is 8.62. The summed E-state index contributed by atoms with van der Waals surface area (Å²) < 4.78 is 0. The molecule has 0 heterocycles. The molecule has 1 aromatic rings. The first-order valence-corrected chi connectivity index (χ1v) is 13.2. The van der Waals surface area contributed by atoms with Crippen molar-refractivity contribution in [3.05, 3.63) is 40.2 Å². The number of nitrogens with zero attached hydrogens (tertiary/aromatic N) is 1. The number of aromatic hydroxyl groups is 1. The number of primary amides is 1. The van der Waals surface area contributed by atoms with Crippen LogP contribution in [-0.4, -0.2) is 86.5 Å². The van der Waals surface area contributed by atoms with E-state index in [1.807, 2.05) is 13.8 Å². The molecule has 12 heteroatoms. The lowest BCUT2D eigenvalue weighted by Gasteiger charge is -2.50. The number of rotatable bonds is 7. The number of benzene rings is 1. The Balaban J connectivity index is 1.84. The molecule has 0 aromatic heterocycles. The van der Waals surface area contributed by atoms with Crippen LogP contribution < -0.4 is 16.4 Å². The molecule has 0 aliphatic heterocycles. The Hall–Kier alpha value is -3.74. The second-order valence-corrected chi connectivity index (χ2v) is 11.1. The fourth-order valence-corrected chi connectivity index (χ4v) is 6.34. The molecule has 4 rings (SSSR count). The molecule has 1 saturated carbocycles. The minimum atomic E-state index is -2.71. The number of ketones is 2. The maximum Gasteiger partial charge on any atom is 0.255 e. The number of carbonyl (C=O) groups excluding carboxylic acids is 4. The number of nitrogens with one attached hydrogen (secondary N) is 2. The Labute approximate surface area is 231 Å². The molecular weight excluding hydrogens is 520 g/mol. The van der Waals surface area contributed by atoms with Gasteiger partial charge in [0.25, 0.3) is 5.91 Å². The van der Waals surface area contributed by atoms with Gasteiger partial charge in [-0.15, -0.1) is 0 Å². The predicted octanol–water partition coefficient (Wildman–Crippen LogP) is 0.681. The van der Waals surface area contributed by atoms with Gasteiger partial charge in [-0.05, 0) is 64.4 Å². The Bertz CT molecular complexity index is 1380. The van der Waals surface area contributed by atoms with Crippen molar-refractivity contribution >= 4 is 34.8 Å². The molecule has 4 unspecified atom stereocenters. The van der Waals surface area contributed by atoms with Gasteiger partial charge < -0.3 is 36.8 Å². The van der Waals surface area contributed by atoms with Crippen LogP contribution in [0.3, 0.4) is 0 Å². The number of nitrogens with two attached hydrogens (primary N) is 1. The number of Topliss-reactive ketones (excluding diaryl/α,β-unsaturated/α-hetero) is 2. The zero-order valence-corrected chi connectivity index (χ0v) is 23.2. The molecule has 216 valence electrons. The molecule has 0 bridgehead atoms. The smallest absolute Gasteiger partial charge is 0.255 e. The molecule has 1 fully saturated rings. The van der Waals surface area contributed by atoms with Gasteiger partial charge in [-0.25, -0.2) is 0 Å².